The first kappa shape index (κ1) is 15.7. The maximum Gasteiger partial charge on any atom is 0.246 e. The number of carbonyl (C=O) groups excluding carboxylic acids is 1. The van der Waals surface area contributed by atoms with E-state index < -0.39 is 0 Å². The monoisotopic (exact) mass is 322 g/mol. The minimum atomic E-state index is -0.384. The van der Waals surface area contributed by atoms with Crippen LogP contribution in [0.15, 0.2) is 42.5 Å². The molecule has 110 valence electrons. The highest BCUT2D eigenvalue weighted by Crippen LogP contribution is 2.22. The fourth-order valence-electron chi connectivity index (χ4n) is 1.84. The van der Waals surface area contributed by atoms with Crippen molar-refractivity contribution >= 4 is 40.5 Å². The second-order valence-electron chi connectivity index (χ2n) is 4.88. The van der Waals surface area contributed by atoms with Crippen molar-refractivity contribution in [3.8, 4) is 0 Å². The second kappa shape index (κ2) is 6.83. The maximum absolute atomic E-state index is 12.1. The summed E-state index contributed by atoms with van der Waals surface area (Å²) in [5.74, 6) is -0.158. The third kappa shape index (κ3) is 4.66. The van der Waals surface area contributed by atoms with Crippen molar-refractivity contribution in [2.45, 2.75) is 19.9 Å². The summed E-state index contributed by atoms with van der Waals surface area (Å²) in [6, 6.07) is 12.4. The summed E-state index contributed by atoms with van der Waals surface area (Å²) in [5.41, 5.74) is 2.65. The molecule has 5 heteroatoms. The molecule has 0 heterocycles. The van der Waals surface area contributed by atoms with E-state index in [9.17, 15) is 4.79 Å². The standard InChI is InChI=1S/C16H16Cl2N2O/c1-10-3-5-14(6-4-10)19-11(2)16(21)20-15-8-12(17)7-13(18)9-15/h3-9,11,19H,1-2H3,(H,20,21)/t11-/m1/s1. The van der Waals surface area contributed by atoms with Gasteiger partial charge in [0.15, 0.2) is 0 Å². The molecule has 0 saturated heterocycles. The quantitative estimate of drug-likeness (QED) is 0.853. The maximum atomic E-state index is 12.1. The van der Waals surface area contributed by atoms with Gasteiger partial charge in [-0.25, -0.2) is 0 Å². The Labute approximate surface area is 134 Å². The number of hydrogen-bond donors (Lipinski definition) is 2. The molecule has 2 N–H and O–H groups in total. The van der Waals surface area contributed by atoms with Crippen molar-refractivity contribution in [1.29, 1.82) is 0 Å². The molecule has 0 radical (unpaired) electrons. The van der Waals surface area contributed by atoms with Crippen molar-refractivity contribution < 1.29 is 4.79 Å². The lowest BCUT2D eigenvalue weighted by atomic mass is 10.2. The van der Waals surface area contributed by atoms with E-state index in [0.717, 1.165) is 5.69 Å². The minimum absolute atomic E-state index is 0.158. The predicted octanol–water partition coefficient (Wildman–Crippen LogP) is 4.74. The molecule has 0 aromatic heterocycles. The van der Waals surface area contributed by atoms with Gasteiger partial charge in [-0.15, -0.1) is 0 Å². The first-order valence-corrected chi connectivity index (χ1v) is 7.30. The molecule has 0 aliphatic rings. The van der Waals surface area contributed by atoms with Crippen LogP contribution in [0.25, 0.3) is 0 Å². The summed E-state index contributed by atoms with van der Waals surface area (Å²) in [4.78, 5) is 12.1. The van der Waals surface area contributed by atoms with Crippen LogP contribution in [0.4, 0.5) is 11.4 Å². The van der Waals surface area contributed by atoms with E-state index in [0.29, 0.717) is 15.7 Å². The summed E-state index contributed by atoms with van der Waals surface area (Å²) in [7, 11) is 0. The summed E-state index contributed by atoms with van der Waals surface area (Å²) in [6.07, 6.45) is 0. The van der Waals surface area contributed by atoms with Gasteiger partial charge in [-0.2, -0.15) is 0 Å². The Morgan fingerprint density at radius 1 is 1.00 bits per heavy atom. The fraction of sp³-hybridized carbons (Fsp3) is 0.188. The van der Waals surface area contributed by atoms with Crippen molar-refractivity contribution in [3.05, 3.63) is 58.1 Å². The average molecular weight is 323 g/mol. The Kier molecular flexibility index (Phi) is 5.10. The zero-order valence-electron chi connectivity index (χ0n) is 11.8. The third-order valence-electron chi connectivity index (χ3n) is 2.96. The summed E-state index contributed by atoms with van der Waals surface area (Å²) in [5, 5.41) is 6.89. The Balaban J connectivity index is 2.00. The second-order valence-corrected chi connectivity index (χ2v) is 5.75. The van der Waals surface area contributed by atoms with Gasteiger partial charge < -0.3 is 10.6 Å². The van der Waals surface area contributed by atoms with Crippen LogP contribution in [0.3, 0.4) is 0 Å². The number of anilines is 2. The van der Waals surface area contributed by atoms with Gasteiger partial charge in [-0.3, -0.25) is 4.79 Å². The van der Waals surface area contributed by atoms with Gasteiger partial charge in [-0.05, 0) is 44.2 Å². The van der Waals surface area contributed by atoms with Gasteiger partial charge in [0.2, 0.25) is 5.91 Å². The van der Waals surface area contributed by atoms with Crippen molar-refractivity contribution in [2.24, 2.45) is 0 Å². The number of aryl methyl sites for hydroxylation is 1. The topological polar surface area (TPSA) is 41.1 Å². The van der Waals surface area contributed by atoms with E-state index in [2.05, 4.69) is 10.6 Å². The van der Waals surface area contributed by atoms with Crippen LogP contribution in [0.1, 0.15) is 12.5 Å². The highest BCUT2D eigenvalue weighted by Gasteiger charge is 2.13. The molecule has 0 aliphatic carbocycles. The van der Waals surface area contributed by atoms with Crippen molar-refractivity contribution in [2.75, 3.05) is 10.6 Å². The highest BCUT2D eigenvalue weighted by atomic mass is 35.5. The fourth-order valence-corrected chi connectivity index (χ4v) is 2.37. The van der Waals surface area contributed by atoms with Crippen LogP contribution in [0.5, 0.6) is 0 Å². The summed E-state index contributed by atoms with van der Waals surface area (Å²) >= 11 is 11.8. The van der Waals surface area contributed by atoms with E-state index in [4.69, 9.17) is 23.2 Å². The van der Waals surface area contributed by atoms with E-state index in [1.54, 1.807) is 25.1 Å². The van der Waals surface area contributed by atoms with Crippen LogP contribution in [0, 0.1) is 6.92 Å². The molecular weight excluding hydrogens is 307 g/mol. The molecule has 2 aromatic rings. The van der Waals surface area contributed by atoms with E-state index in [-0.39, 0.29) is 11.9 Å². The van der Waals surface area contributed by atoms with Crippen LogP contribution in [-0.2, 0) is 4.79 Å². The first-order valence-electron chi connectivity index (χ1n) is 6.54. The zero-order valence-corrected chi connectivity index (χ0v) is 13.3. The van der Waals surface area contributed by atoms with Crippen LogP contribution in [0.2, 0.25) is 10.0 Å². The molecule has 1 amide bonds. The van der Waals surface area contributed by atoms with Crippen LogP contribution < -0.4 is 10.6 Å². The normalized spacial score (nSPS) is 11.8. The third-order valence-corrected chi connectivity index (χ3v) is 3.39. The van der Waals surface area contributed by atoms with Crippen molar-refractivity contribution in [1.82, 2.24) is 0 Å². The molecule has 2 rings (SSSR count). The Morgan fingerprint density at radius 3 is 2.14 bits per heavy atom. The lowest BCUT2D eigenvalue weighted by Gasteiger charge is -2.15. The molecular formula is C16H16Cl2N2O. The van der Waals surface area contributed by atoms with E-state index in [1.807, 2.05) is 31.2 Å². The summed E-state index contributed by atoms with van der Waals surface area (Å²) in [6.45, 7) is 3.81. The molecule has 2 aromatic carbocycles. The van der Waals surface area contributed by atoms with Gasteiger partial charge in [0.25, 0.3) is 0 Å². The number of carbonyl (C=O) groups is 1. The molecule has 0 unspecified atom stereocenters. The van der Waals surface area contributed by atoms with E-state index in [1.165, 1.54) is 5.56 Å². The Hall–Kier alpha value is -1.71. The van der Waals surface area contributed by atoms with Crippen LogP contribution in [-0.4, -0.2) is 11.9 Å². The predicted molar refractivity (Wildman–Crippen MR) is 89.4 cm³/mol. The summed E-state index contributed by atoms with van der Waals surface area (Å²) < 4.78 is 0. The lowest BCUT2D eigenvalue weighted by Crippen LogP contribution is -2.31. The Morgan fingerprint density at radius 2 is 1.57 bits per heavy atom. The van der Waals surface area contributed by atoms with Gasteiger partial charge >= 0.3 is 0 Å². The molecule has 0 saturated carbocycles. The molecule has 0 aliphatic heterocycles. The largest absolute Gasteiger partial charge is 0.374 e. The number of rotatable bonds is 4. The van der Waals surface area contributed by atoms with Gasteiger partial charge in [0, 0.05) is 21.4 Å². The van der Waals surface area contributed by atoms with Gasteiger partial charge in [-0.1, -0.05) is 40.9 Å². The number of nitrogens with one attached hydrogen (secondary N) is 2. The highest BCUT2D eigenvalue weighted by molar-refractivity contribution is 6.35. The molecule has 0 bridgehead atoms. The first-order chi connectivity index (χ1) is 9.94. The van der Waals surface area contributed by atoms with Gasteiger partial charge in [0.1, 0.15) is 6.04 Å². The molecule has 0 fully saturated rings. The molecule has 21 heavy (non-hydrogen) atoms. The van der Waals surface area contributed by atoms with E-state index >= 15 is 0 Å². The number of halogens is 2. The zero-order chi connectivity index (χ0) is 15.4. The van der Waals surface area contributed by atoms with Crippen molar-refractivity contribution in [3.63, 3.8) is 0 Å². The average Bonchev–Trinajstić information content (AvgIpc) is 2.40. The minimum Gasteiger partial charge on any atom is -0.374 e. The number of amides is 1. The molecule has 1 atom stereocenters. The SMILES string of the molecule is Cc1ccc(N[C@H](C)C(=O)Nc2cc(Cl)cc(Cl)c2)cc1. The number of hydrogen-bond acceptors (Lipinski definition) is 2. The van der Waals surface area contributed by atoms with Gasteiger partial charge in [0.05, 0.1) is 0 Å². The molecule has 3 nitrogen and oxygen atoms in total. The Bertz CT molecular complexity index is 621. The van der Waals surface area contributed by atoms with Crippen LogP contribution >= 0.6 is 23.2 Å². The molecule has 0 spiro atoms. The lowest BCUT2D eigenvalue weighted by molar-refractivity contribution is -0.116. The number of benzene rings is 2. The smallest absolute Gasteiger partial charge is 0.246 e.